The summed E-state index contributed by atoms with van der Waals surface area (Å²) < 4.78 is 17.0. The number of halogens is 1. The van der Waals surface area contributed by atoms with Gasteiger partial charge in [0.15, 0.2) is 0 Å². The van der Waals surface area contributed by atoms with Gasteiger partial charge in [-0.05, 0) is 44.2 Å². The van der Waals surface area contributed by atoms with Crippen molar-refractivity contribution in [2.75, 3.05) is 31.2 Å². The summed E-state index contributed by atoms with van der Waals surface area (Å²) in [7, 11) is 0. The summed E-state index contributed by atoms with van der Waals surface area (Å²) >= 11 is 0. The van der Waals surface area contributed by atoms with Crippen molar-refractivity contribution in [1.29, 1.82) is 0 Å². The molecule has 2 heterocycles. The quantitative estimate of drug-likeness (QED) is 0.705. The van der Waals surface area contributed by atoms with Gasteiger partial charge in [0.25, 0.3) is 0 Å². The highest BCUT2D eigenvalue weighted by molar-refractivity contribution is 5.95. The summed E-state index contributed by atoms with van der Waals surface area (Å²) in [6.07, 6.45) is 4.23. The van der Waals surface area contributed by atoms with Crippen LogP contribution in [0.4, 0.5) is 10.1 Å². The molecule has 1 saturated carbocycles. The van der Waals surface area contributed by atoms with Crippen LogP contribution in [-0.2, 0) is 0 Å². The van der Waals surface area contributed by atoms with Crippen molar-refractivity contribution in [3.63, 3.8) is 0 Å². The summed E-state index contributed by atoms with van der Waals surface area (Å²) in [5.74, 6) is -1.87. The first-order chi connectivity index (χ1) is 13.8. The lowest BCUT2D eigenvalue weighted by Crippen LogP contribution is -2.44. The number of rotatable bonds is 5. The molecule has 0 radical (unpaired) electrons. The van der Waals surface area contributed by atoms with Gasteiger partial charge >= 0.3 is 5.97 Å². The maximum atomic E-state index is 15.1. The number of anilines is 1. The number of aromatic nitrogens is 1. The van der Waals surface area contributed by atoms with E-state index < -0.39 is 22.6 Å². The number of carboxylic acids is 1. The Morgan fingerprint density at radius 2 is 1.86 bits per heavy atom. The number of benzene rings is 1. The molecule has 0 amide bonds. The van der Waals surface area contributed by atoms with E-state index in [0.717, 1.165) is 18.9 Å². The van der Waals surface area contributed by atoms with Crippen LogP contribution < -0.4 is 10.3 Å². The smallest absolute Gasteiger partial charge is 0.341 e. The number of nitrogens with zero attached hydrogens (tertiary/aromatic N) is 2. The van der Waals surface area contributed by atoms with Crippen molar-refractivity contribution in [2.45, 2.75) is 38.6 Å². The van der Waals surface area contributed by atoms with Crippen LogP contribution in [-0.4, -0.2) is 52.2 Å². The first kappa shape index (κ1) is 19.8. The Labute approximate surface area is 167 Å². The van der Waals surface area contributed by atoms with Crippen LogP contribution in [0.25, 0.3) is 10.9 Å². The molecule has 29 heavy (non-hydrogen) atoms. The Morgan fingerprint density at radius 3 is 2.38 bits per heavy atom. The second-order valence-electron chi connectivity index (χ2n) is 8.35. The maximum Gasteiger partial charge on any atom is 0.341 e. The molecule has 0 atom stereocenters. The molecule has 1 aliphatic heterocycles. The summed E-state index contributed by atoms with van der Waals surface area (Å²) in [5, 5.41) is 28.7. The maximum absolute atomic E-state index is 15.1. The molecule has 2 fully saturated rings. The molecule has 1 aliphatic carbocycles. The van der Waals surface area contributed by atoms with Crippen molar-refractivity contribution >= 4 is 22.6 Å². The van der Waals surface area contributed by atoms with E-state index in [2.05, 4.69) is 0 Å². The topological polar surface area (TPSA) is 103 Å². The van der Waals surface area contributed by atoms with Crippen LogP contribution in [0.1, 0.15) is 47.6 Å². The fraction of sp³-hybridized carbons (Fsp3) is 0.524. The van der Waals surface area contributed by atoms with Gasteiger partial charge < -0.3 is 24.8 Å². The minimum absolute atomic E-state index is 0.0904. The zero-order chi connectivity index (χ0) is 20.9. The molecular weight excluding hydrogens is 379 g/mol. The lowest BCUT2D eigenvalue weighted by Gasteiger charge is -2.41. The molecule has 0 bridgehead atoms. The van der Waals surface area contributed by atoms with Gasteiger partial charge in [0, 0.05) is 36.1 Å². The Bertz CT molecular complexity index is 1030. The van der Waals surface area contributed by atoms with Crippen LogP contribution in [0.2, 0.25) is 0 Å². The highest BCUT2D eigenvalue weighted by Gasteiger charge is 2.35. The first-order valence-corrected chi connectivity index (χ1v) is 9.90. The molecule has 3 N–H and O–H groups in total. The van der Waals surface area contributed by atoms with Gasteiger partial charge in [0.1, 0.15) is 11.4 Å². The summed E-state index contributed by atoms with van der Waals surface area (Å²) in [5.41, 5.74) is 0.0330. The zero-order valence-corrected chi connectivity index (χ0v) is 16.3. The fourth-order valence-electron chi connectivity index (χ4n) is 4.42. The predicted octanol–water partition coefficient (Wildman–Crippen LogP) is 2.05. The van der Waals surface area contributed by atoms with E-state index in [1.165, 1.54) is 6.20 Å². The molecule has 0 unspecified atom stereocenters. The number of aryl methyl sites for hydroxylation is 1. The predicted molar refractivity (Wildman–Crippen MR) is 106 cm³/mol. The van der Waals surface area contributed by atoms with Gasteiger partial charge in [-0.3, -0.25) is 4.79 Å². The van der Waals surface area contributed by atoms with E-state index in [-0.39, 0.29) is 30.2 Å². The number of carbonyl (C=O) groups is 1. The number of hydrogen-bond donors (Lipinski definition) is 3. The van der Waals surface area contributed by atoms with Crippen LogP contribution in [0.5, 0.6) is 0 Å². The number of aromatic carboxylic acids is 1. The lowest BCUT2D eigenvalue weighted by molar-refractivity contribution is 0.0340. The number of hydrogen-bond acceptors (Lipinski definition) is 5. The van der Waals surface area contributed by atoms with E-state index in [1.807, 2.05) is 9.47 Å². The Hall–Kier alpha value is -2.45. The third-order valence-electron chi connectivity index (χ3n) is 6.46. The van der Waals surface area contributed by atoms with Gasteiger partial charge in [0.2, 0.25) is 5.43 Å². The minimum atomic E-state index is -1.31. The van der Waals surface area contributed by atoms with E-state index in [9.17, 15) is 24.9 Å². The number of fused-ring (bicyclic) bond motifs is 1. The van der Waals surface area contributed by atoms with Crippen molar-refractivity contribution in [1.82, 2.24) is 4.57 Å². The third-order valence-corrected chi connectivity index (χ3v) is 6.46. The number of aliphatic hydroxyl groups excluding tert-OH is 2. The van der Waals surface area contributed by atoms with Crippen molar-refractivity contribution in [2.24, 2.45) is 5.41 Å². The second kappa shape index (κ2) is 7.11. The largest absolute Gasteiger partial charge is 0.477 e. The van der Waals surface area contributed by atoms with E-state index in [0.29, 0.717) is 42.7 Å². The first-order valence-electron chi connectivity index (χ1n) is 9.90. The van der Waals surface area contributed by atoms with Crippen LogP contribution >= 0.6 is 0 Å². The molecule has 1 aromatic carbocycles. The Kier molecular flexibility index (Phi) is 4.86. The van der Waals surface area contributed by atoms with Gasteiger partial charge in [-0.2, -0.15) is 0 Å². The van der Waals surface area contributed by atoms with Gasteiger partial charge in [-0.15, -0.1) is 0 Å². The summed E-state index contributed by atoms with van der Waals surface area (Å²) in [6, 6.07) is 1.27. The molecule has 2 aliphatic rings. The van der Waals surface area contributed by atoms with Crippen molar-refractivity contribution < 1.29 is 24.5 Å². The molecular formula is C21H25FN2O5. The van der Waals surface area contributed by atoms with Crippen molar-refractivity contribution in [3.8, 4) is 0 Å². The number of carboxylic acid groups (broad SMARTS) is 1. The summed E-state index contributed by atoms with van der Waals surface area (Å²) in [4.78, 5) is 26.1. The van der Waals surface area contributed by atoms with E-state index >= 15 is 4.39 Å². The molecule has 156 valence electrons. The fourth-order valence-corrected chi connectivity index (χ4v) is 4.42. The number of pyridine rings is 1. The highest BCUT2D eigenvalue weighted by Crippen LogP contribution is 2.41. The SMILES string of the molecule is Cc1c(N2CCC(CO)(CO)CC2)c(F)cc2c(=O)c(C(=O)O)cn(C3CC3)c12. The Balaban J connectivity index is 1.85. The van der Waals surface area contributed by atoms with E-state index in [4.69, 9.17) is 0 Å². The molecule has 1 saturated heterocycles. The molecule has 0 spiro atoms. The summed E-state index contributed by atoms with van der Waals surface area (Å²) in [6.45, 7) is 2.49. The molecule has 2 aromatic rings. The minimum Gasteiger partial charge on any atom is -0.477 e. The number of piperidine rings is 1. The van der Waals surface area contributed by atoms with Crippen LogP contribution in [0, 0.1) is 18.2 Å². The van der Waals surface area contributed by atoms with Crippen LogP contribution in [0.3, 0.4) is 0 Å². The normalized spacial score (nSPS) is 19.0. The van der Waals surface area contributed by atoms with Gasteiger partial charge in [-0.1, -0.05) is 0 Å². The third kappa shape index (κ3) is 3.20. The van der Waals surface area contributed by atoms with Gasteiger partial charge in [-0.25, -0.2) is 9.18 Å². The lowest BCUT2D eigenvalue weighted by atomic mass is 9.79. The van der Waals surface area contributed by atoms with Crippen molar-refractivity contribution in [3.05, 3.63) is 39.4 Å². The average molecular weight is 404 g/mol. The monoisotopic (exact) mass is 404 g/mol. The second-order valence-corrected chi connectivity index (χ2v) is 8.35. The highest BCUT2D eigenvalue weighted by atomic mass is 19.1. The van der Waals surface area contributed by atoms with Crippen LogP contribution in [0.15, 0.2) is 17.1 Å². The molecule has 1 aromatic heterocycles. The number of aliphatic hydroxyl groups is 2. The standard InChI is InChI=1S/C21H25FN2O5/c1-12-17-14(19(27)15(20(28)29)9-24(17)13-2-3-13)8-16(22)18(12)23-6-4-21(10-25,11-26)5-7-23/h8-9,13,25-26H,2-7,10-11H2,1H3,(H,28,29). The molecule has 8 heteroatoms. The molecule has 4 rings (SSSR count). The average Bonchev–Trinajstić information content (AvgIpc) is 3.54. The Morgan fingerprint density at radius 1 is 1.24 bits per heavy atom. The van der Waals surface area contributed by atoms with Gasteiger partial charge in [0.05, 0.1) is 24.4 Å². The zero-order valence-electron chi connectivity index (χ0n) is 16.3. The van der Waals surface area contributed by atoms with E-state index in [1.54, 1.807) is 6.92 Å². The molecule has 7 nitrogen and oxygen atoms in total.